The van der Waals surface area contributed by atoms with E-state index in [2.05, 4.69) is 21.4 Å². The fourth-order valence-electron chi connectivity index (χ4n) is 3.28. The van der Waals surface area contributed by atoms with Crippen molar-refractivity contribution in [2.45, 2.75) is 6.42 Å². The maximum absolute atomic E-state index is 14.3. The molecule has 7 heteroatoms. The summed E-state index contributed by atoms with van der Waals surface area (Å²) < 4.78 is 16.0. The number of hydrogen-bond donors (Lipinski definition) is 1. The second kappa shape index (κ2) is 6.06. The van der Waals surface area contributed by atoms with Gasteiger partial charge in [0.25, 0.3) is 0 Å². The Labute approximate surface area is 145 Å². The summed E-state index contributed by atoms with van der Waals surface area (Å²) in [5, 5.41) is 16.8. The van der Waals surface area contributed by atoms with E-state index in [1.165, 1.54) is 6.07 Å². The average molecular weight is 331 g/mol. The fourth-order valence-corrected chi connectivity index (χ4v) is 3.28. The van der Waals surface area contributed by atoms with Gasteiger partial charge in [-0.2, -0.15) is 5.10 Å². The fraction of sp³-hybridized carbons (Fsp3) is 0.167. The van der Waals surface area contributed by atoms with Crippen LogP contribution in [0.1, 0.15) is 5.56 Å². The molecule has 0 bridgehead atoms. The van der Waals surface area contributed by atoms with Crippen LogP contribution in [0.2, 0.25) is 0 Å². The molecule has 1 N–H and O–H groups in total. The maximum atomic E-state index is 14.3. The molecule has 0 radical (unpaired) electrons. The van der Waals surface area contributed by atoms with Crippen molar-refractivity contribution in [2.24, 2.45) is 7.05 Å². The lowest BCUT2D eigenvalue weighted by atomic mass is 9.46. The van der Waals surface area contributed by atoms with E-state index in [0.717, 1.165) is 35.2 Å². The zero-order valence-corrected chi connectivity index (χ0v) is 13.7. The van der Waals surface area contributed by atoms with Crippen molar-refractivity contribution in [3.05, 3.63) is 54.1 Å². The molecule has 25 heavy (non-hydrogen) atoms. The van der Waals surface area contributed by atoms with Gasteiger partial charge in [-0.25, -0.2) is 9.65 Å². The molecule has 4 rings (SSSR count). The molecule has 0 spiro atoms. The van der Waals surface area contributed by atoms with E-state index in [-0.39, 0.29) is 5.82 Å². The summed E-state index contributed by atoms with van der Waals surface area (Å²) in [4.78, 5) is 4.36. The van der Waals surface area contributed by atoms with Crippen molar-refractivity contribution in [1.29, 1.82) is 5.26 Å². The highest BCUT2D eigenvalue weighted by Crippen LogP contribution is 2.31. The summed E-state index contributed by atoms with van der Waals surface area (Å²) >= 11 is 0. The Morgan fingerprint density at radius 2 is 2.12 bits per heavy atom. The second-order valence-corrected chi connectivity index (χ2v) is 6.08. The molecular weight excluding hydrogens is 316 g/mol. The first-order valence-corrected chi connectivity index (χ1v) is 8.07. The molecule has 2 aromatic heterocycles. The summed E-state index contributed by atoms with van der Waals surface area (Å²) in [7, 11) is 1.80. The predicted octanol–water partition coefficient (Wildman–Crippen LogP) is 1.26. The Balaban J connectivity index is 1.77. The van der Waals surface area contributed by atoms with Crippen molar-refractivity contribution in [2.75, 3.05) is 11.9 Å². The topological polar surface area (TPSA) is 66.5 Å². The van der Waals surface area contributed by atoms with Crippen LogP contribution in [0.4, 0.5) is 10.1 Å². The third-order valence-corrected chi connectivity index (χ3v) is 4.56. The highest BCUT2D eigenvalue weighted by Gasteiger charge is 2.25. The lowest BCUT2D eigenvalue weighted by molar-refractivity contribution is 0.632. The molecule has 0 amide bonds. The minimum absolute atomic E-state index is 0.244. The molecule has 5 nitrogen and oxygen atoms in total. The second-order valence-electron chi connectivity index (χ2n) is 6.08. The van der Waals surface area contributed by atoms with Crippen LogP contribution in [-0.4, -0.2) is 28.0 Å². The number of aryl methyl sites for hydroxylation is 1. The van der Waals surface area contributed by atoms with E-state index in [9.17, 15) is 9.65 Å². The minimum atomic E-state index is -0.520. The van der Waals surface area contributed by atoms with Crippen LogP contribution < -0.4 is 16.5 Å². The average Bonchev–Trinajstić information content (AvgIpc) is 3.26. The van der Waals surface area contributed by atoms with Gasteiger partial charge in [0.05, 0.1) is 5.69 Å². The van der Waals surface area contributed by atoms with Crippen molar-refractivity contribution >= 4 is 23.6 Å². The molecule has 0 saturated carbocycles. The van der Waals surface area contributed by atoms with Gasteiger partial charge in [0, 0.05) is 43.1 Å². The van der Waals surface area contributed by atoms with Crippen LogP contribution >= 0.6 is 0 Å². The van der Waals surface area contributed by atoms with E-state index in [1.54, 1.807) is 24.1 Å². The minimum Gasteiger partial charge on any atom is -0.382 e. The zero-order chi connectivity index (χ0) is 17.4. The van der Waals surface area contributed by atoms with Gasteiger partial charge in [0.2, 0.25) is 0 Å². The van der Waals surface area contributed by atoms with Crippen molar-refractivity contribution in [3.63, 3.8) is 0 Å². The standard InChI is InChI=1S/C18H15BFN5/c1-25-17(4-7-24-25)19(11-21)16-10-12(2-5-22-16)14-8-13-3-6-23-18(13)15(20)9-14/h2,4-5,7-10,23H,3,6H2,1H3. The molecular formula is C18H15BFN5. The summed E-state index contributed by atoms with van der Waals surface area (Å²) in [6.07, 6.45) is 4.13. The molecule has 0 unspecified atom stereocenters. The van der Waals surface area contributed by atoms with E-state index < -0.39 is 6.71 Å². The van der Waals surface area contributed by atoms with Gasteiger partial charge in [-0.05, 0) is 53.4 Å². The summed E-state index contributed by atoms with van der Waals surface area (Å²) in [5.41, 5.74) is 4.63. The Morgan fingerprint density at radius 1 is 1.24 bits per heavy atom. The summed E-state index contributed by atoms with van der Waals surface area (Å²) in [6, 6.07) is 9.03. The number of nitrogens with one attached hydrogen (secondary N) is 1. The number of aromatic nitrogens is 3. The Hall–Kier alpha value is -3.14. The smallest absolute Gasteiger partial charge is 0.372 e. The molecule has 3 heterocycles. The molecule has 0 atom stereocenters. The number of hydrogen-bond acceptors (Lipinski definition) is 4. The lowest BCUT2D eigenvalue weighted by Gasteiger charge is -2.10. The molecule has 3 aromatic rings. The number of fused-ring (bicyclic) bond motifs is 1. The number of halogens is 1. The van der Waals surface area contributed by atoms with E-state index in [4.69, 9.17) is 0 Å². The van der Waals surface area contributed by atoms with Crippen LogP contribution in [-0.2, 0) is 13.5 Å². The highest BCUT2D eigenvalue weighted by atomic mass is 19.1. The first-order chi connectivity index (χ1) is 12.2. The predicted molar refractivity (Wildman–Crippen MR) is 95.7 cm³/mol. The third kappa shape index (κ3) is 2.66. The number of anilines is 1. The van der Waals surface area contributed by atoms with Crippen molar-refractivity contribution < 1.29 is 4.39 Å². The Bertz CT molecular complexity index is 991. The van der Waals surface area contributed by atoms with Crippen molar-refractivity contribution in [1.82, 2.24) is 14.8 Å². The van der Waals surface area contributed by atoms with Gasteiger partial charge in [-0.15, -0.1) is 0 Å². The van der Waals surface area contributed by atoms with E-state index in [0.29, 0.717) is 11.3 Å². The van der Waals surface area contributed by atoms with Gasteiger partial charge in [-0.1, -0.05) is 0 Å². The Morgan fingerprint density at radius 3 is 2.88 bits per heavy atom. The van der Waals surface area contributed by atoms with Crippen LogP contribution in [0, 0.1) is 17.0 Å². The molecule has 0 fully saturated rings. The van der Waals surface area contributed by atoms with Gasteiger partial charge in [0.15, 0.2) is 0 Å². The number of pyridine rings is 1. The SMILES string of the molecule is Cn1nccc1B(C#N)c1cc(-c2cc(F)c3c(c2)CCN3)ccn1. The number of rotatable bonds is 3. The molecule has 0 aliphatic carbocycles. The normalized spacial score (nSPS) is 12.4. The maximum Gasteiger partial charge on any atom is 0.372 e. The van der Waals surface area contributed by atoms with E-state index >= 15 is 0 Å². The first kappa shape index (κ1) is 15.4. The van der Waals surface area contributed by atoms with Crippen LogP contribution in [0.25, 0.3) is 11.1 Å². The highest BCUT2D eigenvalue weighted by molar-refractivity contribution is 6.90. The van der Waals surface area contributed by atoms with Crippen molar-refractivity contribution in [3.8, 4) is 17.1 Å². The molecule has 1 aromatic carbocycles. The van der Waals surface area contributed by atoms with Crippen LogP contribution in [0.3, 0.4) is 0 Å². The number of nitriles is 1. The molecule has 0 saturated heterocycles. The number of benzene rings is 1. The van der Waals surface area contributed by atoms with Gasteiger partial charge >= 0.3 is 6.71 Å². The first-order valence-electron chi connectivity index (χ1n) is 8.07. The van der Waals surface area contributed by atoms with Gasteiger partial charge < -0.3 is 5.32 Å². The number of nitrogens with zero attached hydrogens (tertiary/aromatic N) is 4. The van der Waals surface area contributed by atoms with Gasteiger partial charge in [0.1, 0.15) is 5.82 Å². The Kier molecular flexibility index (Phi) is 3.73. The summed E-state index contributed by atoms with van der Waals surface area (Å²) in [6.45, 7) is 0.238. The monoisotopic (exact) mass is 331 g/mol. The van der Waals surface area contributed by atoms with E-state index in [1.807, 2.05) is 24.3 Å². The largest absolute Gasteiger partial charge is 0.382 e. The summed E-state index contributed by atoms with van der Waals surface area (Å²) in [5.74, 6) is 2.04. The molecule has 122 valence electrons. The lowest BCUT2D eigenvalue weighted by Crippen LogP contribution is -2.46. The third-order valence-electron chi connectivity index (χ3n) is 4.56. The molecule has 1 aliphatic rings. The molecule has 1 aliphatic heterocycles. The zero-order valence-electron chi connectivity index (χ0n) is 13.7. The quantitative estimate of drug-likeness (QED) is 0.734. The van der Waals surface area contributed by atoms with Crippen LogP contribution in [0.15, 0.2) is 42.7 Å². The van der Waals surface area contributed by atoms with Gasteiger partial charge in [-0.3, -0.25) is 9.67 Å². The van der Waals surface area contributed by atoms with Crippen LogP contribution in [0.5, 0.6) is 0 Å².